The topological polar surface area (TPSA) is 67.2 Å². The first kappa shape index (κ1) is 21.4. The second-order valence-electron chi connectivity index (χ2n) is 6.37. The van der Waals surface area contributed by atoms with Crippen LogP contribution < -0.4 is 5.32 Å². The van der Waals surface area contributed by atoms with Crippen LogP contribution in [-0.4, -0.2) is 40.1 Å². The van der Waals surface area contributed by atoms with E-state index in [1.54, 1.807) is 30.3 Å². The summed E-state index contributed by atoms with van der Waals surface area (Å²) >= 11 is 5.78. The molecular formula is C20H16ClF3N4O2. The number of nitrogens with zero attached hydrogens (tertiary/aromatic N) is 3. The zero-order chi connectivity index (χ0) is 21.9. The van der Waals surface area contributed by atoms with E-state index < -0.39 is 35.8 Å². The van der Waals surface area contributed by atoms with Gasteiger partial charge in [-0.25, -0.2) is 4.68 Å². The molecular weight excluding hydrogens is 421 g/mol. The molecule has 0 saturated heterocycles. The lowest BCUT2D eigenvalue weighted by Gasteiger charge is -2.18. The highest BCUT2D eigenvalue weighted by molar-refractivity contribution is 6.30. The molecule has 0 aliphatic carbocycles. The van der Waals surface area contributed by atoms with Crippen molar-refractivity contribution in [1.82, 2.24) is 14.7 Å². The Bertz CT molecular complexity index is 1050. The molecule has 0 aliphatic heterocycles. The average molecular weight is 437 g/mol. The molecule has 6 nitrogen and oxygen atoms in total. The van der Waals surface area contributed by atoms with Crippen LogP contribution in [0.5, 0.6) is 0 Å². The maximum Gasteiger partial charge on any atom is 0.434 e. The normalized spacial score (nSPS) is 11.2. The number of anilines is 1. The molecule has 1 aromatic heterocycles. The standard InChI is InChI=1S/C20H16ClF3N4O2/c1-27(12-17(29)26-14-5-3-2-4-6-14)19(30)16-11-25-28(18(16)20(22,23)24)15-9-7-13(21)8-10-15/h2-11H,12H2,1H3,(H,26,29). The highest BCUT2D eigenvalue weighted by Gasteiger charge is 2.41. The number of rotatable bonds is 5. The molecule has 0 saturated carbocycles. The van der Waals surface area contributed by atoms with E-state index in [0.29, 0.717) is 15.4 Å². The van der Waals surface area contributed by atoms with Gasteiger partial charge in [0, 0.05) is 17.8 Å². The summed E-state index contributed by atoms with van der Waals surface area (Å²) in [7, 11) is 1.24. The lowest BCUT2D eigenvalue weighted by molar-refractivity contribution is -0.143. The summed E-state index contributed by atoms with van der Waals surface area (Å²) in [5.74, 6) is -1.53. The third-order valence-corrected chi connectivity index (χ3v) is 4.38. The Kier molecular flexibility index (Phi) is 6.12. The maximum absolute atomic E-state index is 13.7. The monoisotopic (exact) mass is 436 g/mol. The number of benzene rings is 2. The predicted molar refractivity (Wildman–Crippen MR) is 106 cm³/mol. The number of carbonyl (C=O) groups is 2. The van der Waals surface area contributed by atoms with Crippen molar-refractivity contribution in [3.8, 4) is 5.69 Å². The molecule has 0 unspecified atom stereocenters. The molecule has 2 amide bonds. The van der Waals surface area contributed by atoms with Crippen LogP contribution >= 0.6 is 11.6 Å². The lowest BCUT2D eigenvalue weighted by atomic mass is 10.2. The van der Waals surface area contributed by atoms with Gasteiger partial charge in [-0.15, -0.1) is 0 Å². The van der Waals surface area contributed by atoms with E-state index in [-0.39, 0.29) is 5.69 Å². The molecule has 156 valence electrons. The van der Waals surface area contributed by atoms with Gasteiger partial charge < -0.3 is 10.2 Å². The van der Waals surface area contributed by atoms with Gasteiger partial charge in [-0.05, 0) is 36.4 Å². The number of halogens is 4. The van der Waals surface area contributed by atoms with E-state index in [0.717, 1.165) is 11.1 Å². The van der Waals surface area contributed by atoms with Crippen LogP contribution in [0, 0.1) is 0 Å². The Hall–Kier alpha value is -3.33. The summed E-state index contributed by atoms with van der Waals surface area (Å²) in [5, 5.41) is 6.66. The molecule has 2 aromatic carbocycles. The van der Waals surface area contributed by atoms with Crippen molar-refractivity contribution in [2.45, 2.75) is 6.18 Å². The van der Waals surface area contributed by atoms with Crippen molar-refractivity contribution in [2.75, 3.05) is 18.9 Å². The number of amides is 2. The minimum Gasteiger partial charge on any atom is -0.332 e. The number of para-hydroxylation sites is 1. The summed E-state index contributed by atoms with van der Waals surface area (Å²) in [4.78, 5) is 25.7. The quantitative estimate of drug-likeness (QED) is 0.650. The van der Waals surface area contributed by atoms with Gasteiger partial charge >= 0.3 is 6.18 Å². The van der Waals surface area contributed by atoms with Gasteiger partial charge in [0.1, 0.15) is 0 Å². The van der Waals surface area contributed by atoms with E-state index in [4.69, 9.17) is 11.6 Å². The first-order valence-corrected chi connectivity index (χ1v) is 9.06. The van der Waals surface area contributed by atoms with E-state index >= 15 is 0 Å². The number of hydrogen-bond acceptors (Lipinski definition) is 3. The Labute approximate surface area is 174 Å². The third-order valence-electron chi connectivity index (χ3n) is 4.12. The van der Waals surface area contributed by atoms with Gasteiger partial charge in [0.2, 0.25) is 5.91 Å². The summed E-state index contributed by atoms with van der Waals surface area (Å²) in [6.07, 6.45) is -4.01. The Balaban J connectivity index is 1.84. The number of likely N-dealkylation sites (N-methyl/N-ethyl adjacent to an activating group) is 1. The van der Waals surface area contributed by atoms with Crippen LogP contribution in [0.1, 0.15) is 16.1 Å². The smallest absolute Gasteiger partial charge is 0.332 e. The van der Waals surface area contributed by atoms with Crippen molar-refractivity contribution in [3.05, 3.63) is 77.1 Å². The highest BCUT2D eigenvalue weighted by Crippen LogP contribution is 2.34. The molecule has 0 radical (unpaired) electrons. The van der Waals surface area contributed by atoms with Gasteiger partial charge in [-0.2, -0.15) is 18.3 Å². The van der Waals surface area contributed by atoms with Crippen LogP contribution in [0.15, 0.2) is 60.8 Å². The first-order valence-electron chi connectivity index (χ1n) is 8.68. The Morgan fingerprint density at radius 2 is 1.73 bits per heavy atom. The molecule has 30 heavy (non-hydrogen) atoms. The predicted octanol–water partition coefficient (Wildman–Crippen LogP) is 4.26. The van der Waals surface area contributed by atoms with Crippen molar-refractivity contribution in [2.24, 2.45) is 0 Å². The van der Waals surface area contributed by atoms with Gasteiger partial charge in [0.15, 0.2) is 5.69 Å². The molecule has 1 heterocycles. The summed E-state index contributed by atoms with van der Waals surface area (Å²) in [5.41, 5.74) is -1.29. The van der Waals surface area contributed by atoms with Crippen molar-refractivity contribution in [3.63, 3.8) is 0 Å². The minimum absolute atomic E-state index is 0.0928. The molecule has 3 rings (SSSR count). The van der Waals surface area contributed by atoms with E-state index in [2.05, 4.69) is 10.4 Å². The largest absolute Gasteiger partial charge is 0.434 e. The number of aromatic nitrogens is 2. The average Bonchev–Trinajstić information content (AvgIpc) is 3.14. The van der Waals surface area contributed by atoms with Crippen molar-refractivity contribution < 1.29 is 22.8 Å². The van der Waals surface area contributed by atoms with Crippen LogP contribution in [0.4, 0.5) is 18.9 Å². The van der Waals surface area contributed by atoms with Crippen LogP contribution in [-0.2, 0) is 11.0 Å². The van der Waals surface area contributed by atoms with Crippen LogP contribution in [0.2, 0.25) is 5.02 Å². The first-order chi connectivity index (χ1) is 14.2. The van der Waals surface area contributed by atoms with Crippen LogP contribution in [0.25, 0.3) is 5.69 Å². The number of alkyl halides is 3. The fraction of sp³-hybridized carbons (Fsp3) is 0.150. The number of nitrogens with one attached hydrogen (secondary N) is 1. The second-order valence-corrected chi connectivity index (χ2v) is 6.80. The number of carbonyl (C=O) groups excluding carboxylic acids is 2. The zero-order valence-electron chi connectivity index (χ0n) is 15.7. The molecule has 10 heteroatoms. The molecule has 0 spiro atoms. The van der Waals surface area contributed by atoms with Gasteiger partial charge in [-0.1, -0.05) is 29.8 Å². The zero-order valence-corrected chi connectivity index (χ0v) is 16.4. The summed E-state index contributed by atoms with van der Waals surface area (Å²) in [6.45, 7) is -0.433. The molecule has 3 aromatic rings. The van der Waals surface area contributed by atoms with E-state index in [1.807, 2.05) is 0 Å². The Morgan fingerprint density at radius 3 is 2.33 bits per heavy atom. The Morgan fingerprint density at radius 1 is 1.10 bits per heavy atom. The van der Waals surface area contributed by atoms with Crippen molar-refractivity contribution in [1.29, 1.82) is 0 Å². The van der Waals surface area contributed by atoms with E-state index in [9.17, 15) is 22.8 Å². The summed E-state index contributed by atoms with van der Waals surface area (Å²) in [6, 6.07) is 14.0. The molecule has 0 atom stereocenters. The number of hydrogen-bond donors (Lipinski definition) is 1. The maximum atomic E-state index is 13.7. The van der Waals surface area contributed by atoms with Crippen molar-refractivity contribution >= 4 is 29.1 Å². The van der Waals surface area contributed by atoms with Gasteiger partial charge in [0.05, 0.1) is 24.0 Å². The second kappa shape index (κ2) is 8.58. The van der Waals surface area contributed by atoms with Gasteiger partial charge in [-0.3, -0.25) is 9.59 Å². The SMILES string of the molecule is CN(CC(=O)Nc1ccccc1)C(=O)c1cnn(-c2ccc(Cl)cc2)c1C(F)(F)F. The van der Waals surface area contributed by atoms with Crippen LogP contribution in [0.3, 0.4) is 0 Å². The fourth-order valence-electron chi connectivity index (χ4n) is 2.77. The molecule has 0 bridgehead atoms. The summed E-state index contributed by atoms with van der Waals surface area (Å²) < 4.78 is 41.9. The third kappa shape index (κ3) is 4.80. The van der Waals surface area contributed by atoms with E-state index in [1.165, 1.54) is 31.3 Å². The lowest BCUT2D eigenvalue weighted by Crippen LogP contribution is -2.35. The fourth-order valence-corrected chi connectivity index (χ4v) is 2.90. The highest BCUT2D eigenvalue weighted by atomic mass is 35.5. The molecule has 0 fully saturated rings. The minimum atomic E-state index is -4.85. The molecule has 0 aliphatic rings. The molecule has 1 N–H and O–H groups in total. The van der Waals surface area contributed by atoms with Gasteiger partial charge in [0.25, 0.3) is 5.91 Å².